The SMILES string of the molecule is CC1(c2cn[nH]n2)CC(C(=O)O)c2cnc3cc(F)nn3c21. The molecule has 2 unspecified atom stereocenters. The fourth-order valence-corrected chi connectivity index (χ4v) is 3.25. The first-order valence-corrected chi connectivity index (χ1v) is 6.64. The van der Waals surface area contributed by atoms with Crippen molar-refractivity contribution in [1.29, 1.82) is 0 Å². The molecule has 3 aromatic rings. The molecule has 3 aromatic heterocycles. The molecule has 0 radical (unpaired) electrons. The first kappa shape index (κ1) is 12.9. The van der Waals surface area contributed by atoms with Crippen molar-refractivity contribution in [2.75, 3.05) is 0 Å². The number of H-pyrrole nitrogens is 1. The first-order valence-electron chi connectivity index (χ1n) is 6.64. The third kappa shape index (κ3) is 1.53. The van der Waals surface area contributed by atoms with E-state index in [2.05, 4.69) is 25.5 Å². The summed E-state index contributed by atoms with van der Waals surface area (Å²) in [6, 6.07) is 1.21. The van der Waals surface area contributed by atoms with Crippen LogP contribution in [0.15, 0.2) is 18.5 Å². The molecule has 0 saturated carbocycles. The third-order valence-electron chi connectivity index (χ3n) is 4.27. The predicted molar refractivity (Wildman–Crippen MR) is 70.8 cm³/mol. The largest absolute Gasteiger partial charge is 0.481 e. The van der Waals surface area contributed by atoms with Gasteiger partial charge < -0.3 is 5.11 Å². The summed E-state index contributed by atoms with van der Waals surface area (Å²) in [5, 5.41) is 23.7. The van der Waals surface area contributed by atoms with Crippen LogP contribution >= 0.6 is 0 Å². The quantitative estimate of drug-likeness (QED) is 0.727. The summed E-state index contributed by atoms with van der Waals surface area (Å²) in [6.07, 6.45) is 3.31. The third-order valence-corrected chi connectivity index (χ3v) is 4.27. The number of nitrogens with zero attached hydrogens (tertiary/aromatic N) is 5. The minimum absolute atomic E-state index is 0.284. The van der Waals surface area contributed by atoms with Crippen LogP contribution < -0.4 is 0 Å². The molecule has 0 saturated heterocycles. The van der Waals surface area contributed by atoms with Gasteiger partial charge in [-0.15, -0.1) is 5.10 Å². The van der Waals surface area contributed by atoms with Crippen LogP contribution in [0.1, 0.15) is 36.2 Å². The lowest BCUT2D eigenvalue weighted by Crippen LogP contribution is -2.25. The summed E-state index contributed by atoms with van der Waals surface area (Å²) in [5.74, 6) is -2.37. The molecule has 2 atom stereocenters. The van der Waals surface area contributed by atoms with Gasteiger partial charge in [0.2, 0.25) is 5.95 Å². The van der Waals surface area contributed by atoms with Gasteiger partial charge in [0.1, 0.15) is 0 Å². The normalized spacial score (nSPS) is 23.8. The maximum Gasteiger partial charge on any atom is 0.311 e. The summed E-state index contributed by atoms with van der Waals surface area (Å²) < 4.78 is 14.9. The molecule has 8 nitrogen and oxygen atoms in total. The minimum atomic E-state index is -0.956. The maximum absolute atomic E-state index is 13.5. The second kappa shape index (κ2) is 4.09. The molecule has 0 aromatic carbocycles. The number of halogens is 1. The predicted octanol–water partition coefficient (Wildman–Crippen LogP) is 0.864. The number of carboxylic acid groups (broad SMARTS) is 1. The van der Waals surface area contributed by atoms with Gasteiger partial charge in [-0.05, 0) is 13.3 Å². The Morgan fingerprint density at radius 2 is 2.36 bits per heavy atom. The number of carbonyl (C=O) groups is 1. The molecule has 1 aliphatic carbocycles. The van der Waals surface area contributed by atoms with E-state index < -0.39 is 23.2 Å². The Labute approximate surface area is 123 Å². The molecule has 2 N–H and O–H groups in total. The highest BCUT2D eigenvalue weighted by molar-refractivity contribution is 5.79. The van der Waals surface area contributed by atoms with Gasteiger partial charge in [-0.2, -0.15) is 19.8 Å². The van der Waals surface area contributed by atoms with Crippen LogP contribution in [-0.2, 0) is 10.2 Å². The van der Waals surface area contributed by atoms with E-state index in [-0.39, 0.29) is 6.42 Å². The molecule has 112 valence electrons. The molecule has 22 heavy (non-hydrogen) atoms. The van der Waals surface area contributed by atoms with Crippen molar-refractivity contribution in [3.8, 4) is 0 Å². The summed E-state index contributed by atoms with van der Waals surface area (Å²) in [7, 11) is 0. The van der Waals surface area contributed by atoms with Crippen LogP contribution in [0.2, 0.25) is 0 Å². The fraction of sp³-hybridized carbons (Fsp3) is 0.308. The molecular formula is C13H11FN6O2. The van der Waals surface area contributed by atoms with Crippen LogP contribution in [0.3, 0.4) is 0 Å². The number of nitrogens with one attached hydrogen (secondary N) is 1. The van der Waals surface area contributed by atoms with E-state index in [0.717, 1.165) is 0 Å². The summed E-state index contributed by atoms with van der Waals surface area (Å²) >= 11 is 0. The van der Waals surface area contributed by atoms with Gasteiger partial charge in [-0.1, -0.05) is 0 Å². The van der Waals surface area contributed by atoms with Gasteiger partial charge in [0.15, 0.2) is 5.65 Å². The van der Waals surface area contributed by atoms with Crippen molar-refractivity contribution in [1.82, 2.24) is 30.0 Å². The molecule has 4 rings (SSSR count). The Morgan fingerprint density at radius 1 is 1.55 bits per heavy atom. The zero-order valence-electron chi connectivity index (χ0n) is 11.5. The van der Waals surface area contributed by atoms with Crippen LogP contribution in [0, 0.1) is 5.95 Å². The van der Waals surface area contributed by atoms with E-state index in [4.69, 9.17) is 0 Å². The molecule has 0 amide bonds. The van der Waals surface area contributed by atoms with Gasteiger partial charge in [0.25, 0.3) is 0 Å². The van der Waals surface area contributed by atoms with Gasteiger partial charge in [0, 0.05) is 17.8 Å². The zero-order chi connectivity index (χ0) is 15.5. The van der Waals surface area contributed by atoms with E-state index >= 15 is 0 Å². The molecule has 9 heteroatoms. The molecule has 0 spiro atoms. The Bertz CT molecular complexity index is 889. The number of hydrogen-bond acceptors (Lipinski definition) is 5. The topological polar surface area (TPSA) is 109 Å². The maximum atomic E-state index is 13.5. The first-order chi connectivity index (χ1) is 10.5. The number of fused-ring (bicyclic) bond motifs is 3. The number of hydrogen-bond donors (Lipinski definition) is 2. The summed E-state index contributed by atoms with van der Waals surface area (Å²) in [4.78, 5) is 15.7. The Kier molecular flexibility index (Phi) is 2.39. The van der Waals surface area contributed by atoms with Crippen LogP contribution in [-0.4, -0.2) is 41.1 Å². The number of aliphatic carboxylic acids is 1. The zero-order valence-corrected chi connectivity index (χ0v) is 11.5. The van der Waals surface area contributed by atoms with Crippen LogP contribution in [0.4, 0.5) is 4.39 Å². The van der Waals surface area contributed by atoms with E-state index in [1.165, 1.54) is 16.8 Å². The number of aromatic nitrogens is 6. The minimum Gasteiger partial charge on any atom is -0.481 e. The van der Waals surface area contributed by atoms with Crippen LogP contribution in [0.25, 0.3) is 5.65 Å². The number of carboxylic acids is 1. The molecule has 0 bridgehead atoms. The highest BCUT2D eigenvalue weighted by atomic mass is 19.1. The van der Waals surface area contributed by atoms with Crippen molar-refractivity contribution < 1.29 is 14.3 Å². The summed E-state index contributed by atoms with van der Waals surface area (Å²) in [5.41, 5.74) is 1.28. The smallest absolute Gasteiger partial charge is 0.311 e. The van der Waals surface area contributed by atoms with Gasteiger partial charge >= 0.3 is 5.97 Å². The average Bonchev–Trinajstić information content (AvgIpc) is 3.15. The van der Waals surface area contributed by atoms with E-state index in [0.29, 0.717) is 22.6 Å². The Balaban J connectivity index is 2.07. The molecule has 1 aliphatic rings. The van der Waals surface area contributed by atoms with Gasteiger partial charge in [-0.25, -0.2) is 9.50 Å². The second-order valence-electron chi connectivity index (χ2n) is 5.58. The van der Waals surface area contributed by atoms with E-state index in [9.17, 15) is 14.3 Å². The van der Waals surface area contributed by atoms with E-state index in [1.54, 1.807) is 6.20 Å². The van der Waals surface area contributed by atoms with Gasteiger partial charge in [0.05, 0.1) is 28.9 Å². The Morgan fingerprint density at radius 3 is 3.05 bits per heavy atom. The number of rotatable bonds is 2. The van der Waals surface area contributed by atoms with Crippen molar-refractivity contribution >= 4 is 11.6 Å². The highest BCUT2D eigenvalue weighted by Gasteiger charge is 2.48. The van der Waals surface area contributed by atoms with E-state index in [1.807, 2.05) is 6.92 Å². The Hall–Kier alpha value is -2.84. The lowest BCUT2D eigenvalue weighted by molar-refractivity contribution is -0.138. The lowest BCUT2D eigenvalue weighted by Gasteiger charge is -2.22. The monoisotopic (exact) mass is 302 g/mol. The van der Waals surface area contributed by atoms with Gasteiger partial charge in [-0.3, -0.25) is 4.79 Å². The van der Waals surface area contributed by atoms with Crippen molar-refractivity contribution in [3.05, 3.63) is 41.4 Å². The fourth-order valence-electron chi connectivity index (χ4n) is 3.25. The van der Waals surface area contributed by atoms with Crippen molar-refractivity contribution in [2.45, 2.75) is 24.7 Å². The second-order valence-corrected chi connectivity index (χ2v) is 5.58. The standard InChI is InChI=1S/C13H11FN6O2/c1-13(8-5-16-19-17-8)3-6(12(21)22)7-4-15-10-2-9(14)18-20(10)11(7)13/h2,4-6H,3H2,1H3,(H,21,22)(H,16,17,19). The highest BCUT2D eigenvalue weighted by Crippen LogP contribution is 2.48. The molecule has 3 heterocycles. The lowest BCUT2D eigenvalue weighted by atomic mass is 9.83. The number of aromatic amines is 1. The van der Waals surface area contributed by atoms with Crippen LogP contribution in [0.5, 0.6) is 0 Å². The average molecular weight is 302 g/mol. The molecular weight excluding hydrogens is 291 g/mol. The summed E-state index contributed by atoms with van der Waals surface area (Å²) in [6.45, 7) is 1.85. The van der Waals surface area contributed by atoms with Crippen molar-refractivity contribution in [3.63, 3.8) is 0 Å². The van der Waals surface area contributed by atoms with Crippen molar-refractivity contribution in [2.24, 2.45) is 0 Å². The molecule has 0 aliphatic heterocycles. The molecule has 0 fully saturated rings.